The summed E-state index contributed by atoms with van der Waals surface area (Å²) in [4.78, 5) is 20.7. The Balaban J connectivity index is 3.47. The van der Waals surface area contributed by atoms with Crippen molar-refractivity contribution in [1.29, 1.82) is 5.26 Å². The Hall–Kier alpha value is -2.42. The minimum Gasteiger partial charge on any atom is -0.496 e. The number of ether oxygens (including phenoxy) is 1. The Labute approximate surface area is 91.2 Å². The first kappa shape index (κ1) is 11.7. The Morgan fingerprint density at radius 3 is 2.75 bits per heavy atom. The highest BCUT2D eigenvalue weighted by Gasteiger charge is 2.19. The highest BCUT2D eigenvalue weighted by atomic mass is 16.6. The Morgan fingerprint density at radius 1 is 1.62 bits per heavy atom. The lowest BCUT2D eigenvalue weighted by atomic mass is 10.1. The summed E-state index contributed by atoms with van der Waals surface area (Å²) in [6.07, 6.45) is 0.351. The first-order valence-corrected chi connectivity index (χ1v) is 4.31. The normalized spacial score (nSPS) is 9.25. The van der Waals surface area contributed by atoms with E-state index in [1.54, 1.807) is 0 Å². The Bertz CT molecular complexity index is 476. The fraction of sp³-hybridized carbons (Fsp3) is 0.200. The van der Waals surface area contributed by atoms with Crippen molar-refractivity contribution in [2.75, 3.05) is 7.11 Å². The molecule has 0 aliphatic rings. The second kappa shape index (κ2) is 4.89. The number of hydrogen-bond acceptors (Lipinski definition) is 5. The summed E-state index contributed by atoms with van der Waals surface area (Å²) in [5, 5.41) is 19.3. The lowest BCUT2D eigenvalue weighted by molar-refractivity contribution is -0.385. The summed E-state index contributed by atoms with van der Waals surface area (Å²) in [6.45, 7) is 0. The number of nitrogens with zero attached hydrogens (tertiary/aromatic N) is 2. The number of nitriles is 1. The zero-order chi connectivity index (χ0) is 12.1. The number of hydrogen-bond donors (Lipinski definition) is 0. The number of carbonyl (C=O) groups excluding carboxylic acids is 1. The summed E-state index contributed by atoms with van der Waals surface area (Å²) in [5.41, 5.74) is 0.0499. The van der Waals surface area contributed by atoms with Crippen LogP contribution >= 0.6 is 0 Å². The second-order valence-corrected chi connectivity index (χ2v) is 2.93. The van der Waals surface area contributed by atoms with Crippen LogP contribution in [0, 0.1) is 21.4 Å². The first-order valence-electron chi connectivity index (χ1n) is 4.31. The molecule has 1 aromatic rings. The molecule has 0 fully saturated rings. The van der Waals surface area contributed by atoms with Crippen LogP contribution in [0.15, 0.2) is 12.1 Å². The highest BCUT2D eigenvalue weighted by Crippen LogP contribution is 2.30. The molecule has 1 aromatic carbocycles. The van der Waals surface area contributed by atoms with Gasteiger partial charge in [0.2, 0.25) is 0 Å². The minimum absolute atomic E-state index is 0.140. The van der Waals surface area contributed by atoms with Crippen LogP contribution in [-0.4, -0.2) is 18.3 Å². The molecule has 0 amide bonds. The second-order valence-electron chi connectivity index (χ2n) is 2.93. The summed E-state index contributed by atoms with van der Waals surface area (Å²) >= 11 is 0. The molecule has 0 saturated heterocycles. The summed E-state index contributed by atoms with van der Waals surface area (Å²) < 4.78 is 4.92. The number of aldehydes is 1. The van der Waals surface area contributed by atoms with E-state index in [-0.39, 0.29) is 29.0 Å². The molecule has 6 nitrogen and oxygen atoms in total. The van der Waals surface area contributed by atoms with E-state index in [1.807, 2.05) is 6.07 Å². The SMILES string of the molecule is COc1cc(C=O)cc([N+](=O)[O-])c1CC#N. The van der Waals surface area contributed by atoms with Crippen LogP contribution in [-0.2, 0) is 6.42 Å². The van der Waals surface area contributed by atoms with Gasteiger partial charge < -0.3 is 4.74 Å². The highest BCUT2D eigenvalue weighted by molar-refractivity contribution is 5.78. The third-order valence-electron chi connectivity index (χ3n) is 2.02. The van der Waals surface area contributed by atoms with Crippen molar-refractivity contribution in [2.45, 2.75) is 6.42 Å². The summed E-state index contributed by atoms with van der Waals surface area (Å²) in [6, 6.07) is 4.31. The van der Waals surface area contributed by atoms with Crippen LogP contribution in [0.1, 0.15) is 15.9 Å². The summed E-state index contributed by atoms with van der Waals surface area (Å²) in [5.74, 6) is 0.179. The van der Waals surface area contributed by atoms with Crippen molar-refractivity contribution in [2.24, 2.45) is 0 Å². The van der Waals surface area contributed by atoms with Gasteiger partial charge in [-0.1, -0.05) is 0 Å². The van der Waals surface area contributed by atoms with E-state index in [4.69, 9.17) is 10.00 Å². The lowest BCUT2D eigenvalue weighted by Gasteiger charge is -2.06. The van der Waals surface area contributed by atoms with Gasteiger partial charge >= 0.3 is 0 Å². The van der Waals surface area contributed by atoms with E-state index >= 15 is 0 Å². The van der Waals surface area contributed by atoms with E-state index in [0.717, 1.165) is 6.07 Å². The molecule has 1 rings (SSSR count). The predicted octanol–water partition coefficient (Wildman–Crippen LogP) is 1.48. The van der Waals surface area contributed by atoms with Gasteiger partial charge in [0, 0.05) is 11.6 Å². The van der Waals surface area contributed by atoms with Crippen LogP contribution in [0.4, 0.5) is 5.69 Å². The molecule has 0 unspecified atom stereocenters. The zero-order valence-electron chi connectivity index (χ0n) is 8.47. The van der Waals surface area contributed by atoms with Gasteiger partial charge in [0.25, 0.3) is 5.69 Å². The molecular formula is C10H8N2O4. The Morgan fingerprint density at radius 2 is 2.31 bits per heavy atom. The number of nitro groups is 1. The smallest absolute Gasteiger partial charge is 0.278 e. The molecule has 82 valence electrons. The van der Waals surface area contributed by atoms with Crippen molar-refractivity contribution in [3.63, 3.8) is 0 Å². The lowest BCUT2D eigenvalue weighted by Crippen LogP contribution is -2.00. The van der Waals surface area contributed by atoms with Crippen molar-refractivity contribution in [3.8, 4) is 11.8 Å². The molecule has 0 atom stereocenters. The van der Waals surface area contributed by atoms with E-state index in [1.165, 1.54) is 13.2 Å². The maximum Gasteiger partial charge on any atom is 0.278 e. The molecule has 0 bridgehead atoms. The van der Waals surface area contributed by atoms with E-state index in [0.29, 0.717) is 6.29 Å². The topological polar surface area (TPSA) is 93.2 Å². The van der Waals surface area contributed by atoms with Crippen molar-refractivity contribution < 1.29 is 14.5 Å². The quantitative estimate of drug-likeness (QED) is 0.435. The monoisotopic (exact) mass is 220 g/mol. The van der Waals surface area contributed by atoms with Gasteiger partial charge in [0.1, 0.15) is 12.0 Å². The van der Waals surface area contributed by atoms with Crippen molar-refractivity contribution >= 4 is 12.0 Å². The molecule has 0 spiro atoms. The molecule has 16 heavy (non-hydrogen) atoms. The number of rotatable bonds is 4. The summed E-state index contributed by atoms with van der Waals surface area (Å²) in [7, 11) is 1.33. The van der Waals surface area contributed by atoms with Gasteiger partial charge in [-0.05, 0) is 6.07 Å². The largest absolute Gasteiger partial charge is 0.496 e. The van der Waals surface area contributed by atoms with Crippen LogP contribution in [0.25, 0.3) is 0 Å². The maximum absolute atomic E-state index is 10.8. The van der Waals surface area contributed by atoms with Crippen molar-refractivity contribution in [1.82, 2.24) is 0 Å². The number of benzene rings is 1. The minimum atomic E-state index is -0.637. The third kappa shape index (κ3) is 2.15. The molecule has 0 N–H and O–H groups in total. The number of methoxy groups -OCH3 is 1. The molecule has 6 heteroatoms. The molecule has 0 aromatic heterocycles. The molecule has 0 aliphatic carbocycles. The van der Waals surface area contributed by atoms with Crippen LogP contribution in [0.5, 0.6) is 5.75 Å². The van der Waals surface area contributed by atoms with E-state index < -0.39 is 4.92 Å². The average Bonchev–Trinajstić information content (AvgIpc) is 2.29. The van der Waals surface area contributed by atoms with Crippen LogP contribution in [0.3, 0.4) is 0 Å². The molecule has 0 radical (unpaired) electrons. The zero-order valence-corrected chi connectivity index (χ0v) is 8.47. The molecular weight excluding hydrogens is 212 g/mol. The van der Waals surface area contributed by atoms with Crippen LogP contribution in [0.2, 0.25) is 0 Å². The molecule has 0 saturated carbocycles. The molecule has 0 aliphatic heterocycles. The fourth-order valence-corrected chi connectivity index (χ4v) is 1.32. The van der Waals surface area contributed by atoms with Gasteiger partial charge in [0.05, 0.1) is 30.1 Å². The predicted molar refractivity (Wildman–Crippen MR) is 54.4 cm³/mol. The third-order valence-corrected chi connectivity index (χ3v) is 2.02. The van der Waals surface area contributed by atoms with Gasteiger partial charge in [0.15, 0.2) is 0 Å². The van der Waals surface area contributed by atoms with Gasteiger partial charge in [-0.3, -0.25) is 14.9 Å². The molecule has 0 heterocycles. The standard InChI is InChI=1S/C10H8N2O4/c1-16-10-5-7(6-13)4-9(12(14)15)8(10)2-3-11/h4-6H,2H2,1H3. The average molecular weight is 220 g/mol. The first-order chi connectivity index (χ1) is 7.63. The van der Waals surface area contributed by atoms with Crippen LogP contribution < -0.4 is 4.74 Å². The fourth-order valence-electron chi connectivity index (χ4n) is 1.32. The number of nitro benzene ring substituents is 1. The van der Waals surface area contributed by atoms with Gasteiger partial charge in [-0.15, -0.1) is 0 Å². The Kier molecular flexibility index (Phi) is 3.56. The van der Waals surface area contributed by atoms with Crippen molar-refractivity contribution in [3.05, 3.63) is 33.4 Å². The van der Waals surface area contributed by atoms with Gasteiger partial charge in [-0.25, -0.2) is 0 Å². The maximum atomic E-state index is 10.8. The van der Waals surface area contributed by atoms with E-state index in [2.05, 4.69) is 0 Å². The number of carbonyl (C=O) groups is 1. The van der Waals surface area contributed by atoms with E-state index in [9.17, 15) is 14.9 Å². The van der Waals surface area contributed by atoms with Gasteiger partial charge in [-0.2, -0.15) is 5.26 Å².